The molecule has 2 aliphatic heterocycles. The summed E-state index contributed by atoms with van der Waals surface area (Å²) in [5, 5.41) is 0. The molecule has 0 N–H and O–H groups in total. The van der Waals surface area contributed by atoms with Crippen molar-refractivity contribution >= 4 is 5.91 Å². The highest BCUT2D eigenvalue weighted by Gasteiger charge is 2.33. The van der Waals surface area contributed by atoms with Gasteiger partial charge >= 0.3 is 0 Å². The van der Waals surface area contributed by atoms with Crippen LogP contribution in [0.4, 0.5) is 0 Å². The van der Waals surface area contributed by atoms with Crippen LogP contribution in [0.2, 0.25) is 0 Å². The predicted octanol–water partition coefficient (Wildman–Crippen LogP) is 3.07. The molecule has 1 aromatic carbocycles. The van der Waals surface area contributed by atoms with Crippen LogP contribution in [0, 0.1) is 11.8 Å². The Kier molecular flexibility index (Phi) is 4.59. The van der Waals surface area contributed by atoms with Gasteiger partial charge in [-0.15, -0.1) is 0 Å². The predicted molar refractivity (Wildman–Crippen MR) is 83.1 cm³/mol. The normalized spacial score (nSPS) is 27.6. The van der Waals surface area contributed by atoms with E-state index in [0.717, 1.165) is 45.6 Å². The van der Waals surface area contributed by atoms with Crippen molar-refractivity contribution in [1.82, 2.24) is 4.90 Å². The van der Waals surface area contributed by atoms with Crippen LogP contribution in [0.25, 0.3) is 0 Å². The van der Waals surface area contributed by atoms with Crippen LogP contribution in [0.15, 0.2) is 30.3 Å². The number of ether oxygens (including phenoxy) is 1. The van der Waals surface area contributed by atoms with Crippen LogP contribution in [0.5, 0.6) is 0 Å². The Bertz CT molecular complexity index is 467. The zero-order valence-electron chi connectivity index (χ0n) is 12.8. The van der Waals surface area contributed by atoms with E-state index in [1.807, 2.05) is 0 Å². The van der Waals surface area contributed by atoms with Gasteiger partial charge < -0.3 is 9.64 Å². The van der Waals surface area contributed by atoms with E-state index in [0.29, 0.717) is 17.7 Å². The molecule has 0 radical (unpaired) electrons. The lowest BCUT2D eigenvalue weighted by atomic mass is 9.81. The summed E-state index contributed by atoms with van der Waals surface area (Å²) in [4.78, 5) is 14.7. The zero-order valence-corrected chi connectivity index (χ0v) is 12.8. The first-order valence-electron chi connectivity index (χ1n) is 8.17. The van der Waals surface area contributed by atoms with Crippen molar-refractivity contribution in [3.63, 3.8) is 0 Å². The number of hydrogen-bond donors (Lipinski definition) is 0. The fourth-order valence-electron chi connectivity index (χ4n) is 3.74. The van der Waals surface area contributed by atoms with Crippen LogP contribution in [0.3, 0.4) is 0 Å². The number of amides is 1. The molecule has 0 saturated carbocycles. The Morgan fingerprint density at radius 2 is 1.86 bits per heavy atom. The summed E-state index contributed by atoms with van der Waals surface area (Å²) in [7, 11) is 0. The van der Waals surface area contributed by atoms with Gasteiger partial charge in [-0.1, -0.05) is 37.3 Å². The third kappa shape index (κ3) is 3.29. The van der Waals surface area contributed by atoms with Gasteiger partial charge in [0, 0.05) is 32.2 Å². The number of rotatable bonds is 2. The molecule has 2 saturated heterocycles. The number of benzene rings is 1. The number of piperidine rings is 1. The molecule has 0 aromatic heterocycles. The molecule has 2 unspecified atom stereocenters. The summed E-state index contributed by atoms with van der Waals surface area (Å²) in [5.41, 5.74) is 1.42. The Morgan fingerprint density at radius 3 is 2.52 bits per heavy atom. The first-order chi connectivity index (χ1) is 10.3. The summed E-state index contributed by atoms with van der Waals surface area (Å²) in [6, 6.07) is 10.7. The van der Waals surface area contributed by atoms with Crippen molar-refractivity contribution in [2.75, 3.05) is 26.3 Å². The molecule has 2 atom stereocenters. The minimum absolute atomic E-state index is 0.194. The highest BCUT2D eigenvalue weighted by molar-refractivity contribution is 5.79. The lowest BCUT2D eigenvalue weighted by molar-refractivity contribution is -0.140. The number of nitrogens with zero attached hydrogens (tertiary/aromatic N) is 1. The molecule has 0 spiro atoms. The maximum absolute atomic E-state index is 12.6. The first-order valence-corrected chi connectivity index (χ1v) is 8.17. The molecule has 0 aliphatic carbocycles. The van der Waals surface area contributed by atoms with Crippen LogP contribution in [-0.2, 0) is 9.53 Å². The minimum atomic E-state index is 0.194. The number of carbonyl (C=O) groups is 1. The maximum atomic E-state index is 12.6. The number of likely N-dealkylation sites (tertiary alicyclic amines) is 1. The first kappa shape index (κ1) is 14.6. The van der Waals surface area contributed by atoms with Crippen molar-refractivity contribution < 1.29 is 9.53 Å². The molecule has 3 nitrogen and oxygen atoms in total. The molecule has 2 aliphatic rings. The largest absolute Gasteiger partial charge is 0.381 e. The zero-order chi connectivity index (χ0) is 14.7. The summed E-state index contributed by atoms with van der Waals surface area (Å²) in [6.45, 7) is 5.57. The second-order valence-corrected chi connectivity index (χ2v) is 6.45. The molecule has 2 heterocycles. The third-order valence-corrected chi connectivity index (χ3v) is 5.02. The van der Waals surface area contributed by atoms with Gasteiger partial charge in [0.15, 0.2) is 0 Å². The van der Waals surface area contributed by atoms with Gasteiger partial charge in [0.1, 0.15) is 0 Å². The molecule has 114 valence electrons. The van der Waals surface area contributed by atoms with E-state index in [9.17, 15) is 4.79 Å². The Balaban J connectivity index is 1.61. The van der Waals surface area contributed by atoms with Crippen molar-refractivity contribution in [1.29, 1.82) is 0 Å². The van der Waals surface area contributed by atoms with Crippen LogP contribution < -0.4 is 0 Å². The van der Waals surface area contributed by atoms with Crippen molar-refractivity contribution in [2.45, 2.75) is 32.1 Å². The third-order valence-electron chi connectivity index (χ3n) is 5.02. The van der Waals surface area contributed by atoms with E-state index >= 15 is 0 Å². The maximum Gasteiger partial charge on any atom is 0.225 e. The molecular weight excluding hydrogens is 262 g/mol. The van der Waals surface area contributed by atoms with Gasteiger partial charge in [-0.05, 0) is 36.7 Å². The van der Waals surface area contributed by atoms with Gasteiger partial charge in [-0.25, -0.2) is 0 Å². The molecule has 1 aromatic rings. The monoisotopic (exact) mass is 287 g/mol. The van der Waals surface area contributed by atoms with Crippen LogP contribution in [0.1, 0.15) is 37.7 Å². The lowest BCUT2D eigenvalue weighted by Gasteiger charge is -2.39. The van der Waals surface area contributed by atoms with Gasteiger partial charge in [-0.3, -0.25) is 4.79 Å². The molecule has 3 rings (SSSR count). The molecular formula is C18H25NO2. The summed E-state index contributed by atoms with van der Waals surface area (Å²) < 4.78 is 5.36. The van der Waals surface area contributed by atoms with E-state index in [-0.39, 0.29) is 5.92 Å². The smallest absolute Gasteiger partial charge is 0.225 e. The SMILES string of the molecule is CC1CN(C(=O)C2CCOCC2)CCC1c1ccccc1. The fraction of sp³-hybridized carbons (Fsp3) is 0.611. The molecule has 2 fully saturated rings. The van der Waals surface area contributed by atoms with Gasteiger partial charge in [0.2, 0.25) is 5.91 Å². The molecule has 3 heteroatoms. The lowest BCUT2D eigenvalue weighted by Crippen LogP contribution is -2.45. The van der Waals surface area contributed by atoms with Gasteiger partial charge in [0.05, 0.1) is 0 Å². The van der Waals surface area contributed by atoms with E-state index < -0.39 is 0 Å². The van der Waals surface area contributed by atoms with E-state index in [2.05, 4.69) is 42.2 Å². The average Bonchev–Trinajstić information content (AvgIpc) is 2.55. The average molecular weight is 287 g/mol. The van der Waals surface area contributed by atoms with Crippen molar-refractivity contribution in [3.05, 3.63) is 35.9 Å². The second kappa shape index (κ2) is 6.61. The quantitative estimate of drug-likeness (QED) is 0.836. The standard InChI is InChI=1S/C18H25NO2/c1-14-13-19(18(20)16-8-11-21-12-9-16)10-7-17(14)15-5-3-2-4-6-15/h2-6,14,16-17H,7-13H2,1H3. The Labute approximate surface area is 127 Å². The Morgan fingerprint density at radius 1 is 1.14 bits per heavy atom. The molecule has 1 amide bonds. The van der Waals surface area contributed by atoms with E-state index in [1.54, 1.807) is 0 Å². The van der Waals surface area contributed by atoms with Gasteiger partial charge in [-0.2, -0.15) is 0 Å². The minimum Gasteiger partial charge on any atom is -0.381 e. The van der Waals surface area contributed by atoms with Crippen LogP contribution >= 0.6 is 0 Å². The van der Waals surface area contributed by atoms with E-state index in [1.165, 1.54) is 5.56 Å². The van der Waals surface area contributed by atoms with Gasteiger partial charge in [0.25, 0.3) is 0 Å². The van der Waals surface area contributed by atoms with Crippen molar-refractivity contribution in [3.8, 4) is 0 Å². The molecule has 21 heavy (non-hydrogen) atoms. The number of hydrogen-bond acceptors (Lipinski definition) is 2. The fourth-order valence-corrected chi connectivity index (χ4v) is 3.74. The second-order valence-electron chi connectivity index (χ2n) is 6.45. The highest BCUT2D eigenvalue weighted by atomic mass is 16.5. The Hall–Kier alpha value is -1.35. The topological polar surface area (TPSA) is 29.5 Å². The summed E-state index contributed by atoms with van der Waals surface area (Å²) in [5.74, 6) is 1.67. The van der Waals surface area contributed by atoms with Crippen LogP contribution in [-0.4, -0.2) is 37.1 Å². The number of carbonyl (C=O) groups excluding carboxylic acids is 1. The highest BCUT2D eigenvalue weighted by Crippen LogP contribution is 2.33. The summed E-state index contributed by atoms with van der Waals surface area (Å²) >= 11 is 0. The summed E-state index contributed by atoms with van der Waals surface area (Å²) in [6.07, 6.45) is 2.87. The van der Waals surface area contributed by atoms with Crippen molar-refractivity contribution in [2.24, 2.45) is 11.8 Å². The van der Waals surface area contributed by atoms with E-state index in [4.69, 9.17) is 4.74 Å². The molecule has 0 bridgehead atoms.